The molecule has 2 heterocycles. The first-order chi connectivity index (χ1) is 13.2. The molecule has 0 radical (unpaired) electrons. The van der Waals surface area contributed by atoms with Gasteiger partial charge in [-0.3, -0.25) is 9.59 Å². The first-order valence-electron chi connectivity index (χ1n) is 8.70. The minimum atomic E-state index is -0.158. The maximum absolute atomic E-state index is 12.9. The molecular formula is C21H19N3O3. The van der Waals surface area contributed by atoms with Crippen LogP contribution in [0, 0.1) is 0 Å². The molecule has 136 valence electrons. The van der Waals surface area contributed by atoms with Gasteiger partial charge in [0.2, 0.25) is 5.91 Å². The van der Waals surface area contributed by atoms with Crippen LogP contribution in [0.4, 0.5) is 5.69 Å². The molecule has 4 aromatic rings. The Hall–Kier alpha value is -3.54. The molecule has 1 amide bonds. The van der Waals surface area contributed by atoms with Gasteiger partial charge in [-0.05, 0) is 36.4 Å². The van der Waals surface area contributed by atoms with Gasteiger partial charge >= 0.3 is 0 Å². The average Bonchev–Trinajstić information content (AvgIpc) is 3.18. The van der Waals surface area contributed by atoms with Crippen molar-refractivity contribution in [2.24, 2.45) is 0 Å². The number of carbonyl (C=O) groups is 1. The number of para-hydroxylation sites is 2. The summed E-state index contributed by atoms with van der Waals surface area (Å²) < 4.78 is 8.71. The van der Waals surface area contributed by atoms with E-state index < -0.39 is 0 Å². The molecule has 0 unspecified atom stereocenters. The van der Waals surface area contributed by atoms with E-state index in [4.69, 9.17) is 4.74 Å². The third-order valence-electron chi connectivity index (χ3n) is 4.56. The van der Waals surface area contributed by atoms with Crippen molar-refractivity contribution >= 4 is 28.1 Å². The summed E-state index contributed by atoms with van der Waals surface area (Å²) in [5.74, 6) is 0.517. The zero-order chi connectivity index (χ0) is 18.8. The Morgan fingerprint density at radius 3 is 2.59 bits per heavy atom. The van der Waals surface area contributed by atoms with Crippen LogP contribution in [-0.4, -0.2) is 22.0 Å². The molecule has 2 aromatic carbocycles. The average molecular weight is 361 g/mol. The first kappa shape index (κ1) is 16.9. The van der Waals surface area contributed by atoms with Crippen LogP contribution in [0.15, 0.2) is 71.7 Å². The third kappa shape index (κ3) is 3.17. The number of benzene rings is 2. The lowest BCUT2D eigenvalue weighted by molar-refractivity contribution is -0.116. The monoisotopic (exact) mass is 361 g/mol. The van der Waals surface area contributed by atoms with Gasteiger partial charge in [0.05, 0.1) is 18.1 Å². The fourth-order valence-electron chi connectivity index (χ4n) is 3.27. The second kappa shape index (κ2) is 6.99. The van der Waals surface area contributed by atoms with Crippen molar-refractivity contribution < 1.29 is 9.53 Å². The van der Waals surface area contributed by atoms with E-state index in [0.29, 0.717) is 23.5 Å². The van der Waals surface area contributed by atoms with Crippen LogP contribution in [0.2, 0.25) is 0 Å². The van der Waals surface area contributed by atoms with Crippen LogP contribution in [0.25, 0.3) is 16.6 Å². The van der Waals surface area contributed by atoms with Crippen molar-refractivity contribution in [2.45, 2.75) is 13.0 Å². The maximum Gasteiger partial charge on any atom is 0.275 e. The Bertz CT molecular complexity index is 1190. The molecule has 0 saturated carbocycles. The lowest BCUT2D eigenvalue weighted by Crippen LogP contribution is -2.25. The Kier molecular flexibility index (Phi) is 4.38. The topological polar surface area (TPSA) is 64.7 Å². The number of rotatable bonds is 5. The number of fused-ring (bicyclic) bond motifs is 3. The molecule has 0 fully saturated rings. The minimum Gasteiger partial charge on any atom is -0.497 e. The highest BCUT2D eigenvalue weighted by molar-refractivity contribution is 5.91. The summed E-state index contributed by atoms with van der Waals surface area (Å²) in [5.41, 5.74) is 2.90. The molecule has 27 heavy (non-hydrogen) atoms. The fourth-order valence-corrected chi connectivity index (χ4v) is 3.27. The highest BCUT2D eigenvalue weighted by Crippen LogP contribution is 2.18. The maximum atomic E-state index is 12.9. The van der Waals surface area contributed by atoms with Crippen molar-refractivity contribution in [3.63, 3.8) is 0 Å². The van der Waals surface area contributed by atoms with Crippen molar-refractivity contribution in [1.82, 2.24) is 8.97 Å². The molecule has 6 heteroatoms. The van der Waals surface area contributed by atoms with Crippen molar-refractivity contribution in [3.8, 4) is 5.75 Å². The molecule has 4 rings (SSSR count). The Morgan fingerprint density at radius 1 is 1.00 bits per heavy atom. The summed E-state index contributed by atoms with van der Waals surface area (Å²) in [7, 11) is 1.58. The lowest BCUT2D eigenvalue weighted by atomic mass is 10.2. The minimum absolute atomic E-state index is 0.104. The Balaban J connectivity index is 1.60. The van der Waals surface area contributed by atoms with E-state index in [2.05, 4.69) is 5.32 Å². The highest BCUT2D eigenvalue weighted by Gasteiger charge is 2.11. The number of methoxy groups -OCH3 is 1. The van der Waals surface area contributed by atoms with E-state index >= 15 is 0 Å². The molecule has 0 bridgehead atoms. The van der Waals surface area contributed by atoms with Crippen LogP contribution in [-0.2, 0) is 11.3 Å². The van der Waals surface area contributed by atoms with Gasteiger partial charge in [0.15, 0.2) is 0 Å². The van der Waals surface area contributed by atoms with E-state index in [9.17, 15) is 9.59 Å². The van der Waals surface area contributed by atoms with Gasteiger partial charge in [0, 0.05) is 30.9 Å². The van der Waals surface area contributed by atoms with Crippen LogP contribution >= 0.6 is 0 Å². The number of hydrogen-bond acceptors (Lipinski definition) is 3. The summed E-state index contributed by atoms with van der Waals surface area (Å²) in [6.07, 6.45) is 2.07. The normalized spacial score (nSPS) is 11.0. The summed E-state index contributed by atoms with van der Waals surface area (Å²) in [4.78, 5) is 25.2. The largest absolute Gasteiger partial charge is 0.497 e. The van der Waals surface area contributed by atoms with Gasteiger partial charge in [-0.1, -0.05) is 18.2 Å². The van der Waals surface area contributed by atoms with Crippen LogP contribution in [0.5, 0.6) is 5.75 Å². The van der Waals surface area contributed by atoms with E-state index in [0.717, 1.165) is 11.0 Å². The second-order valence-corrected chi connectivity index (χ2v) is 6.24. The van der Waals surface area contributed by atoms with Gasteiger partial charge < -0.3 is 19.0 Å². The number of carbonyl (C=O) groups excluding carboxylic acids is 1. The van der Waals surface area contributed by atoms with Gasteiger partial charge in [0.1, 0.15) is 11.3 Å². The SMILES string of the molecule is COc1cccc(NC(=O)CCn2c(=O)c3cccn3c3ccccc32)c1. The number of nitrogens with zero attached hydrogens (tertiary/aromatic N) is 2. The summed E-state index contributed by atoms with van der Waals surface area (Å²) in [6, 6.07) is 18.5. The summed E-state index contributed by atoms with van der Waals surface area (Å²) >= 11 is 0. The smallest absolute Gasteiger partial charge is 0.275 e. The molecule has 0 saturated heterocycles. The van der Waals surface area contributed by atoms with Gasteiger partial charge in [-0.25, -0.2) is 0 Å². The van der Waals surface area contributed by atoms with Gasteiger partial charge in [-0.2, -0.15) is 0 Å². The second-order valence-electron chi connectivity index (χ2n) is 6.24. The number of nitrogens with one attached hydrogen (secondary N) is 1. The van der Waals surface area contributed by atoms with Crippen LogP contribution in [0.3, 0.4) is 0 Å². The third-order valence-corrected chi connectivity index (χ3v) is 4.56. The highest BCUT2D eigenvalue weighted by atomic mass is 16.5. The number of amides is 1. The molecule has 0 aliphatic heterocycles. The summed E-state index contributed by atoms with van der Waals surface area (Å²) in [6.45, 7) is 0.302. The fraction of sp³-hybridized carbons (Fsp3) is 0.143. The molecule has 2 aromatic heterocycles. The zero-order valence-electron chi connectivity index (χ0n) is 14.9. The zero-order valence-corrected chi connectivity index (χ0v) is 14.9. The molecule has 0 atom stereocenters. The number of hydrogen-bond donors (Lipinski definition) is 1. The predicted octanol–water partition coefficient (Wildman–Crippen LogP) is 3.29. The number of aromatic nitrogens is 2. The first-order valence-corrected chi connectivity index (χ1v) is 8.70. The van der Waals surface area contributed by atoms with E-state index in [1.54, 1.807) is 29.9 Å². The number of aryl methyl sites for hydroxylation is 1. The molecular weight excluding hydrogens is 342 g/mol. The molecule has 1 N–H and O–H groups in total. The van der Waals surface area contributed by atoms with Crippen LogP contribution in [0.1, 0.15) is 6.42 Å². The van der Waals surface area contributed by atoms with E-state index in [1.807, 2.05) is 53.1 Å². The van der Waals surface area contributed by atoms with Crippen LogP contribution < -0.4 is 15.6 Å². The van der Waals surface area contributed by atoms with Crippen molar-refractivity contribution in [1.29, 1.82) is 0 Å². The summed E-state index contributed by atoms with van der Waals surface area (Å²) in [5, 5.41) is 2.85. The molecule has 6 nitrogen and oxygen atoms in total. The number of ether oxygens (including phenoxy) is 1. The molecule has 0 spiro atoms. The Morgan fingerprint density at radius 2 is 1.78 bits per heavy atom. The van der Waals surface area contributed by atoms with Crippen molar-refractivity contribution in [2.75, 3.05) is 12.4 Å². The standard InChI is InChI=1S/C21H19N3O3/c1-27-16-7-4-6-15(14-16)22-20(25)11-13-24-18-9-3-2-8-17(18)23-12-5-10-19(23)21(24)26/h2-10,12,14H,11,13H2,1H3,(H,22,25). The Labute approximate surface area is 155 Å². The van der Waals surface area contributed by atoms with Gasteiger partial charge in [-0.15, -0.1) is 0 Å². The van der Waals surface area contributed by atoms with Crippen molar-refractivity contribution in [3.05, 3.63) is 77.2 Å². The van der Waals surface area contributed by atoms with E-state index in [1.165, 1.54) is 0 Å². The van der Waals surface area contributed by atoms with Gasteiger partial charge in [0.25, 0.3) is 5.56 Å². The predicted molar refractivity (Wildman–Crippen MR) is 105 cm³/mol. The quantitative estimate of drug-likeness (QED) is 0.593. The molecule has 0 aliphatic carbocycles. The number of anilines is 1. The van der Waals surface area contributed by atoms with E-state index in [-0.39, 0.29) is 17.9 Å². The lowest BCUT2D eigenvalue weighted by Gasteiger charge is -2.13. The molecule has 0 aliphatic rings.